The summed E-state index contributed by atoms with van der Waals surface area (Å²) < 4.78 is 0. The van der Waals surface area contributed by atoms with Crippen molar-refractivity contribution in [3.8, 4) is 0 Å². The van der Waals surface area contributed by atoms with Gasteiger partial charge in [0.2, 0.25) is 0 Å². The van der Waals surface area contributed by atoms with Gasteiger partial charge in [-0.05, 0) is 33.6 Å². The minimum absolute atomic E-state index is 0.208. The average Bonchev–Trinajstić information content (AvgIpc) is 2.46. The number of hydrogen-bond donors (Lipinski definition) is 0. The Hall–Kier alpha value is -1.08. The molecule has 2 rings (SSSR count). The highest BCUT2D eigenvalue weighted by Gasteiger charge is 2.15. The largest absolute Gasteiger partial charge is 0.0786 e. The summed E-state index contributed by atoms with van der Waals surface area (Å²) in [5.41, 5.74) is 5.59. The minimum Gasteiger partial charge on any atom is -0.0786 e. The average molecular weight is 345 g/mol. The van der Waals surface area contributed by atoms with Crippen LogP contribution in [0.3, 0.4) is 0 Å². The van der Waals surface area contributed by atoms with E-state index in [2.05, 4.69) is 99.1 Å². The third-order valence-electron chi connectivity index (χ3n) is 3.97. The first kappa shape index (κ1) is 16.3. The highest BCUT2D eigenvalue weighted by Crippen LogP contribution is 2.33. The number of benzene rings is 2. The second-order valence-electron chi connectivity index (χ2n) is 7.06. The second-order valence-corrected chi connectivity index (χ2v) is 7.97. The number of halogens is 1. The fraction of sp³-hybridized carbons (Fsp3) is 0.400. The summed E-state index contributed by atoms with van der Waals surface area (Å²) in [4.78, 5) is 0.257. The van der Waals surface area contributed by atoms with Gasteiger partial charge >= 0.3 is 0 Å². The summed E-state index contributed by atoms with van der Waals surface area (Å²) in [7, 11) is 0. The molecule has 0 saturated heterocycles. The van der Waals surface area contributed by atoms with Crippen LogP contribution in [0.25, 0.3) is 0 Å². The molecule has 0 N–H and O–H groups in total. The maximum atomic E-state index is 3.83. The first-order valence-corrected chi connectivity index (χ1v) is 8.55. The van der Waals surface area contributed by atoms with Crippen LogP contribution in [0.4, 0.5) is 0 Å². The Kier molecular flexibility index (Phi) is 4.93. The van der Waals surface area contributed by atoms with Crippen molar-refractivity contribution in [1.82, 2.24) is 0 Å². The van der Waals surface area contributed by atoms with Crippen LogP contribution in [-0.2, 0) is 5.41 Å². The minimum atomic E-state index is 0.208. The molecule has 2 aromatic rings. The lowest BCUT2D eigenvalue weighted by molar-refractivity contribution is 0.590. The van der Waals surface area contributed by atoms with Crippen LogP contribution in [0.2, 0.25) is 0 Å². The maximum Gasteiger partial charge on any atom is 0.0644 e. The molecule has 2 aromatic carbocycles. The Morgan fingerprint density at radius 2 is 1.10 bits per heavy atom. The van der Waals surface area contributed by atoms with Crippen LogP contribution < -0.4 is 0 Å². The van der Waals surface area contributed by atoms with Crippen LogP contribution >= 0.6 is 15.9 Å². The Morgan fingerprint density at radius 1 is 0.714 bits per heavy atom. The van der Waals surface area contributed by atoms with Crippen molar-refractivity contribution in [2.24, 2.45) is 0 Å². The summed E-state index contributed by atoms with van der Waals surface area (Å²) >= 11 is 3.83. The molecule has 0 saturated carbocycles. The van der Waals surface area contributed by atoms with Crippen molar-refractivity contribution >= 4 is 15.9 Å². The maximum absolute atomic E-state index is 3.83. The zero-order valence-corrected chi connectivity index (χ0v) is 15.2. The van der Waals surface area contributed by atoms with E-state index in [4.69, 9.17) is 0 Å². The van der Waals surface area contributed by atoms with Crippen LogP contribution in [0.1, 0.15) is 67.6 Å². The molecule has 0 heterocycles. The SMILES string of the molecule is CC(C)c1ccc(C(Br)c2ccc(C(C)(C)C)cc2)cc1. The van der Waals surface area contributed by atoms with Gasteiger partial charge in [0.15, 0.2) is 0 Å². The third kappa shape index (κ3) is 3.97. The first-order valence-electron chi connectivity index (χ1n) is 7.63. The summed E-state index contributed by atoms with van der Waals surface area (Å²) in [5, 5.41) is 0. The van der Waals surface area contributed by atoms with E-state index in [1.165, 1.54) is 22.3 Å². The molecule has 0 radical (unpaired) electrons. The topological polar surface area (TPSA) is 0 Å². The Bertz CT molecular complexity index is 571. The highest BCUT2D eigenvalue weighted by atomic mass is 79.9. The van der Waals surface area contributed by atoms with Crippen LogP contribution in [0, 0.1) is 0 Å². The van der Waals surface area contributed by atoms with Crippen molar-refractivity contribution < 1.29 is 0 Å². The van der Waals surface area contributed by atoms with Gasteiger partial charge in [0.05, 0.1) is 4.83 Å². The quantitative estimate of drug-likeness (QED) is 0.550. The summed E-state index contributed by atoms with van der Waals surface area (Å²) in [6.45, 7) is 11.2. The standard InChI is InChI=1S/C20H25Br/c1-14(2)15-6-8-16(9-7-15)19(21)17-10-12-18(13-11-17)20(3,4)5/h6-14,19H,1-5H3. The third-order valence-corrected chi connectivity index (χ3v) is 5.02. The van der Waals surface area contributed by atoms with Crippen LogP contribution in [0.15, 0.2) is 48.5 Å². The van der Waals surface area contributed by atoms with E-state index in [0.29, 0.717) is 5.92 Å². The number of rotatable bonds is 3. The van der Waals surface area contributed by atoms with Crippen molar-refractivity contribution in [2.75, 3.05) is 0 Å². The van der Waals surface area contributed by atoms with Gasteiger partial charge in [0.25, 0.3) is 0 Å². The molecule has 1 unspecified atom stereocenters. The molecule has 0 bridgehead atoms. The van der Waals surface area contributed by atoms with Crippen molar-refractivity contribution in [1.29, 1.82) is 0 Å². The van der Waals surface area contributed by atoms with Gasteiger partial charge in [-0.2, -0.15) is 0 Å². The zero-order valence-electron chi connectivity index (χ0n) is 13.7. The summed E-state index contributed by atoms with van der Waals surface area (Å²) in [6.07, 6.45) is 0. The molecule has 0 spiro atoms. The van der Waals surface area contributed by atoms with Gasteiger partial charge in [0.1, 0.15) is 0 Å². The smallest absolute Gasteiger partial charge is 0.0644 e. The lowest BCUT2D eigenvalue weighted by Crippen LogP contribution is -2.10. The van der Waals surface area contributed by atoms with Gasteiger partial charge in [-0.3, -0.25) is 0 Å². The van der Waals surface area contributed by atoms with Gasteiger partial charge in [-0.25, -0.2) is 0 Å². The molecule has 0 amide bonds. The summed E-state index contributed by atoms with van der Waals surface area (Å²) in [5.74, 6) is 0.582. The Morgan fingerprint density at radius 3 is 1.48 bits per heavy atom. The lowest BCUT2D eigenvalue weighted by atomic mass is 9.86. The van der Waals surface area contributed by atoms with E-state index in [-0.39, 0.29) is 10.2 Å². The fourth-order valence-corrected chi connectivity index (χ4v) is 3.00. The predicted molar refractivity (Wildman–Crippen MR) is 96.4 cm³/mol. The molecule has 0 nitrogen and oxygen atoms in total. The number of hydrogen-bond acceptors (Lipinski definition) is 0. The van der Waals surface area contributed by atoms with Crippen molar-refractivity contribution in [3.63, 3.8) is 0 Å². The molecule has 0 aliphatic heterocycles. The van der Waals surface area contributed by atoms with E-state index >= 15 is 0 Å². The molecular weight excluding hydrogens is 320 g/mol. The molecule has 1 atom stereocenters. The predicted octanol–water partition coefficient (Wildman–Crippen LogP) is 6.59. The molecule has 0 aliphatic carbocycles. The van der Waals surface area contributed by atoms with Crippen molar-refractivity contribution in [2.45, 2.75) is 50.8 Å². The lowest BCUT2D eigenvalue weighted by Gasteiger charge is -2.20. The van der Waals surface area contributed by atoms with E-state index < -0.39 is 0 Å². The zero-order chi connectivity index (χ0) is 15.6. The highest BCUT2D eigenvalue weighted by molar-refractivity contribution is 9.09. The van der Waals surface area contributed by atoms with Crippen molar-refractivity contribution in [3.05, 3.63) is 70.8 Å². The molecule has 1 heteroatoms. The Balaban J connectivity index is 2.21. The van der Waals surface area contributed by atoms with Gasteiger partial charge < -0.3 is 0 Å². The molecule has 0 aromatic heterocycles. The second kappa shape index (κ2) is 6.36. The van der Waals surface area contributed by atoms with E-state index in [9.17, 15) is 0 Å². The molecule has 0 fully saturated rings. The van der Waals surface area contributed by atoms with Crippen LogP contribution in [0.5, 0.6) is 0 Å². The molecule has 21 heavy (non-hydrogen) atoms. The fourth-order valence-electron chi connectivity index (χ4n) is 2.39. The van der Waals surface area contributed by atoms with E-state index in [1.54, 1.807) is 0 Å². The monoisotopic (exact) mass is 344 g/mol. The molecule has 0 aliphatic rings. The normalized spacial score (nSPS) is 13.5. The number of alkyl halides is 1. The van der Waals surface area contributed by atoms with E-state index in [1.807, 2.05) is 0 Å². The molecular formula is C20H25Br. The summed E-state index contributed by atoms with van der Waals surface area (Å²) in [6, 6.07) is 17.9. The van der Waals surface area contributed by atoms with Crippen LogP contribution in [-0.4, -0.2) is 0 Å². The van der Waals surface area contributed by atoms with Gasteiger partial charge in [-0.15, -0.1) is 0 Å². The Labute approximate surface area is 137 Å². The first-order chi connectivity index (χ1) is 9.79. The molecule has 112 valence electrons. The van der Waals surface area contributed by atoms with Gasteiger partial charge in [0, 0.05) is 0 Å². The van der Waals surface area contributed by atoms with E-state index in [0.717, 1.165) is 0 Å². The van der Waals surface area contributed by atoms with Gasteiger partial charge in [-0.1, -0.05) is 99.1 Å².